The third-order valence-corrected chi connectivity index (χ3v) is 4.48. The average molecular weight is 407 g/mol. The zero-order chi connectivity index (χ0) is 21.7. The van der Waals surface area contributed by atoms with Crippen LogP contribution in [0, 0.1) is 0 Å². The number of benzene rings is 2. The number of esters is 1. The molecule has 8 nitrogen and oxygen atoms in total. The topological polar surface area (TPSA) is 114 Å². The molecule has 0 spiro atoms. The van der Waals surface area contributed by atoms with Gasteiger partial charge in [-0.05, 0) is 43.2 Å². The van der Waals surface area contributed by atoms with Crippen molar-refractivity contribution >= 4 is 23.8 Å². The average Bonchev–Trinajstić information content (AvgIpc) is 3.09. The van der Waals surface area contributed by atoms with Gasteiger partial charge in [0.1, 0.15) is 0 Å². The molecule has 0 unspecified atom stereocenters. The van der Waals surface area contributed by atoms with Crippen molar-refractivity contribution in [2.75, 3.05) is 6.61 Å². The lowest BCUT2D eigenvalue weighted by atomic mass is 10.1. The number of carbonyl (C=O) groups is 2. The zero-order valence-electron chi connectivity index (χ0n) is 16.6. The quantitative estimate of drug-likeness (QED) is 0.460. The standard InChI is InChI=1S/C22H21N3O5/c1-3-14-9-11-15(12-10-14)25-20(26)17(19(24-25)22(29)30-4-2)13-23-18-8-6-5-7-16(18)21(27)28/h5-13,24H,3-4H2,1-2H3,(H,27,28). The second kappa shape index (κ2) is 9.04. The molecule has 0 amide bonds. The number of nitrogens with one attached hydrogen (secondary N) is 1. The molecule has 0 aliphatic heterocycles. The molecule has 0 aliphatic rings. The Kier molecular flexibility index (Phi) is 6.26. The van der Waals surface area contributed by atoms with Gasteiger partial charge < -0.3 is 9.84 Å². The number of aromatic amines is 1. The highest BCUT2D eigenvalue weighted by molar-refractivity contribution is 5.99. The van der Waals surface area contributed by atoms with Crippen LogP contribution in [-0.4, -0.2) is 39.6 Å². The molecule has 154 valence electrons. The van der Waals surface area contributed by atoms with Gasteiger partial charge in [-0.15, -0.1) is 0 Å². The number of aromatic nitrogens is 2. The van der Waals surface area contributed by atoms with Crippen LogP contribution in [0.4, 0.5) is 5.69 Å². The molecule has 0 saturated heterocycles. The van der Waals surface area contributed by atoms with E-state index in [1.54, 1.807) is 31.2 Å². The Labute approximate surface area is 172 Å². The fourth-order valence-corrected chi connectivity index (χ4v) is 2.89. The third kappa shape index (κ3) is 4.22. The second-order valence-corrected chi connectivity index (χ2v) is 6.36. The number of carboxylic acid groups (broad SMARTS) is 1. The van der Waals surface area contributed by atoms with E-state index in [1.165, 1.54) is 23.0 Å². The van der Waals surface area contributed by atoms with Crippen molar-refractivity contribution in [3.8, 4) is 5.69 Å². The van der Waals surface area contributed by atoms with Crippen molar-refractivity contribution in [1.82, 2.24) is 9.78 Å². The maximum Gasteiger partial charge on any atom is 0.357 e. The largest absolute Gasteiger partial charge is 0.478 e. The van der Waals surface area contributed by atoms with Crippen molar-refractivity contribution in [2.24, 2.45) is 4.99 Å². The van der Waals surface area contributed by atoms with Crippen molar-refractivity contribution < 1.29 is 19.4 Å². The molecule has 0 aliphatic carbocycles. The van der Waals surface area contributed by atoms with Crippen LogP contribution in [0.25, 0.3) is 5.69 Å². The van der Waals surface area contributed by atoms with Gasteiger partial charge in [-0.3, -0.25) is 14.9 Å². The van der Waals surface area contributed by atoms with Gasteiger partial charge in [-0.1, -0.05) is 31.2 Å². The Bertz CT molecular complexity index is 1160. The number of aliphatic imine (C=N–C) groups is 1. The van der Waals surface area contributed by atoms with Crippen LogP contribution >= 0.6 is 0 Å². The van der Waals surface area contributed by atoms with Gasteiger partial charge in [0, 0.05) is 6.21 Å². The summed E-state index contributed by atoms with van der Waals surface area (Å²) in [6.07, 6.45) is 2.04. The Hall–Kier alpha value is -3.94. The Morgan fingerprint density at radius 3 is 2.47 bits per heavy atom. The second-order valence-electron chi connectivity index (χ2n) is 6.36. The van der Waals surface area contributed by atoms with Gasteiger partial charge in [-0.25, -0.2) is 14.3 Å². The fraction of sp³-hybridized carbons (Fsp3) is 0.182. The lowest BCUT2D eigenvalue weighted by Crippen LogP contribution is -2.17. The first-order valence-electron chi connectivity index (χ1n) is 9.44. The van der Waals surface area contributed by atoms with Crippen LogP contribution in [0.15, 0.2) is 58.3 Å². The van der Waals surface area contributed by atoms with Gasteiger partial charge in [-0.2, -0.15) is 0 Å². The predicted octanol–water partition coefficient (Wildman–Crippen LogP) is 3.35. The van der Waals surface area contributed by atoms with E-state index >= 15 is 0 Å². The van der Waals surface area contributed by atoms with Crippen LogP contribution in [0.3, 0.4) is 0 Å². The highest BCUT2D eigenvalue weighted by atomic mass is 16.5. The van der Waals surface area contributed by atoms with Gasteiger partial charge >= 0.3 is 11.9 Å². The molecule has 0 bridgehead atoms. The minimum Gasteiger partial charge on any atom is -0.478 e. The Morgan fingerprint density at radius 1 is 1.13 bits per heavy atom. The van der Waals surface area contributed by atoms with E-state index in [1.807, 2.05) is 19.1 Å². The van der Waals surface area contributed by atoms with Crippen LogP contribution in [-0.2, 0) is 11.2 Å². The van der Waals surface area contributed by atoms with Gasteiger partial charge in [0.2, 0.25) is 0 Å². The van der Waals surface area contributed by atoms with Crippen LogP contribution in [0.2, 0.25) is 0 Å². The first kappa shape index (κ1) is 20.8. The van der Waals surface area contributed by atoms with E-state index in [4.69, 9.17) is 4.74 Å². The molecule has 0 saturated carbocycles. The smallest absolute Gasteiger partial charge is 0.357 e. The number of carboxylic acids is 1. The van der Waals surface area contributed by atoms with Gasteiger partial charge in [0.25, 0.3) is 5.56 Å². The zero-order valence-corrected chi connectivity index (χ0v) is 16.6. The molecule has 3 aromatic rings. The monoisotopic (exact) mass is 407 g/mol. The summed E-state index contributed by atoms with van der Waals surface area (Å²) >= 11 is 0. The number of aryl methyl sites for hydroxylation is 1. The number of para-hydroxylation sites is 1. The lowest BCUT2D eigenvalue weighted by Gasteiger charge is -2.03. The first-order valence-corrected chi connectivity index (χ1v) is 9.44. The summed E-state index contributed by atoms with van der Waals surface area (Å²) in [5.41, 5.74) is 1.23. The SMILES string of the molecule is CCOC(=O)c1[nH]n(-c2ccc(CC)cc2)c(=O)c1C=Nc1ccccc1C(=O)O. The highest BCUT2D eigenvalue weighted by Crippen LogP contribution is 2.19. The summed E-state index contributed by atoms with van der Waals surface area (Å²) in [5, 5.41) is 12.1. The molecular weight excluding hydrogens is 386 g/mol. The molecule has 2 aromatic carbocycles. The number of H-pyrrole nitrogens is 1. The first-order chi connectivity index (χ1) is 14.5. The molecule has 0 atom stereocenters. The number of hydrogen-bond acceptors (Lipinski definition) is 5. The van der Waals surface area contributed by atoms with Gasteiger partial charge in [0.15, 0.2) is 5.69 Å². The molecule has 3 rings (SSSR count). The van der Waals surface area contributed by atoms with E-state index in [-0.39, 0.29) is 29.1 Å². The third-order valence-electron chi connectivity index (χ3n) is 4.48. The van der Waals surface area contributed by atoms with E-state index in [0.717, 1.165) is 12.0 Å². The number of aromatic carboxylic acids is 1. The molecule has 8 heteroatoms. The number of hydrogen-bond donors (Lipinski definition) is 2. The molecule has 1 heterocycles. The molecule has 0 fully saturated rings. The minimum atomic E-state index is -1.14. The summed E-state index contributed by atoms with van der Waals surface area (Å²) in [7, 11) is 0. The molecule has 2 N–H and O–H groups in total. The molecule has 30 heavy (non-hydrogen) atoms. The van der Waals surface area contributed by atoms with E-state index in [0.29, 0.717) is 5.69 Å². The predicted molar refractivity (Wildman–Crippen MR) is 112 cm³/mol. The fourth-order valence-electron chi connectivity index (χ4n) is 2.89. The maximum absolute atomic E-state index is 13.0. The van der Waals surface area contributed by atoms with Crippen molar-refractivity contribution in [3.05, 3.63) is 81.3 Å². The summed E-state index contributed by atoms with van der Waals surface area (Å²) in [6, 6.07) is 13.5. The molecule has 1 aromatic heterocycles. The summed E-state index contributed by atoms with van der Waals surface area (Å²) in [4.78, 5) is 40.9. The Balaban J connectivity index is 2.10. The summed E-state index contributed by atoms with van der Waals surface area (Å²) < 4.78 is 6.28. The van der Waals surface area contributed by atoms with E-state index < -0.39 is 17.5 Å². The van der Waals surface area contributed by atoms with Crippen LogP contribution < -0.4 is 5.56 Å². The number of carbonyl (C=O) groups excluding carboxylic acids is 1. The van der Waals surface area contributed by atoms with E-state index in [9.17, 15) is 19.5 Å². The van der Waals surface area contributed by atoms with Crippen LogP contribution in [0.5, 0.6) is 0 Å². The summed E-state index contributed by atoms with van der Waals surface area (Å²) in [5.74, 6) is -1.85. The minimum absolute atomic E-state index is 0.0162. The summed E-state index contributed by atoms with van der Waals surface area (Å²) in [6.45, 7) is 3.82. The van der Waals surface area contributed by atoms with Crippen molar-refractivity contribution in [2.45, 2.75) is 20.3 Å². The number of rotatable bonds is 7. The number of nitrogens with zero attached hydrogens (tertiary/aromatic N) is 2. The van der Waals surface area contributed by atoms with Gasteiger partial charge in [0.05, 0.1) is 29.1 Å². The van der Waals surface area contributed by atoms with Crippen molar-refractivity contribution in [3.63, 3.8) is 0 Å². The Morgan fingerprint density at radius 2 is 1.83 bits per heavy atom. The number of ether oxygens (including phenoxy) is 1. The lowest BCUT2D eigenvalue weighted by molar-refractivity contribution is 0.0518. The van der Waals surface area contributed by atoms with Crippen molar-refractivity contribution in [1.29, 1.82) is 0 Å². The molecular formula is C22H21N3O5. The van der Waals surface area contributed by atoms with E-state index in [2.05, 4.69) is 10.1 Å². The maximum atomic E-state index is 13.0. The normalized spacial score (nSPS) is 11.0. The van der Waals surface area contributed by atoms with Crippen LogP contribution in [0.1, 0.15) is 45.8 Å². The highest BCUT2D eigenvalue weighted by Gasteiger charge is 2.21. The molecule has 0 radical (unpaired) electrons.